The predicted molar refractivity (Wildman–Crippen MR) is 60.6 cm³/mol. The number of furan rings is 1. The lowest BCUT2D eigenvalue weighted by Gasteiger charge is -2.05. The molecule has 0 aliphatic rings. The molecule has 2 rings (SSSR count). The third-order valence-electron chi connectivity index (χ3n) is 2.21. The third-order valence-corrected chi connectivity index (χ3v) is 2.21. The zero-order valence-electron chi connectivity index (χ0n) is 9.36. The minimum absolute atomic E-state index is 0.214. The summed E-state index contributed by atoms with van der Waals surface area (Å²) in [5, 5.41) is 9.39. The van der Waals surface area contributed by atoms with Crippen LogP contribution in [-0.4, -0.2) is 5.11 Å². The maximum absolute atomic E-state index is 9.39. The minimum Gasteiger partial charge on any atom is -0.508 e. The number of ether oxygens (including phenoxy) is 1. The van der Waals surface area contributed by atoms with Crippen molar-refractivity contribution < 1.29 is 14.3 Å². The van der Waals surface area contributed by atoms with Crippen molar-refractivity contribution >= 4 is 0 Å². The number of rotatable bonds is 3. The van der Waals surface area contributed by atoms with E-state index in [-0.39, 0.29) is 5.75 Å². The lowest BCUT2D eigenvalue weighted by Crippen LogP contribution is -1.93. The summed E-state index contributed by atoms with van der Waals surface area (Å²) in [6, 6.07) is 8.92. The summed E-state index contributed by atoms with van der Waals surface area (Å²) >= 11 is 0. The molecule has 84 valence electrons. The van der Waals surface area contributed by atoms with E-state index in [1.165, 1.54) is 0 Å². The molecule has 0 fully saturated rings. The van der Waals surface area contributed by atoms with Gasteiger partial charge in [0.15, 0.2) is 0 Å². The molecule has 0 saturated carbocycles. The van der Waals surface area contributed by atoms with Gasteiger partial charge in [-0.3, -0.25) is 0 Å². The summed E-state index contributed by atoms with van der Waals surface area (Å²) in [5.41, 5.74) is 0.964. The molecule has 1 aromatic heterocycles. The first-order valence-electron chi connectivity index (χ1n) is 5.12. The predicted octanol–water partition coefficient (Wildman–Crippen LogP) is 3.18. The Bertz CT molecular complexity index is 465. The normalized spacial score (nSPS) is 10.4. The van der Waals surface area contributed by atoms with E-state index in [0.717, 1.165) is 17.1 Å². The molecule has 0 aliphatic carbocycles. The second-order valence-corrected chi connectivity index (χ2v) is 3.81. The van der Waals surface area contributed by atoms with Crippen LogP contribution in [0.5, 0.6) is 11.5 Å². The maximum atomic E-state index is 9.39. The Morgan fingerprint density at radius 1 is 1.19 bits per heavy atom. The van der Waals surface area contributed by atoms with Gasteiger partial charge in [0.1, 0.15) is 29.6 Å². The molecule has 0 unspecified atom stereocenters. The van der Waals surface area contributed by atoms with Gasteiger partial charge in [0.2, 0.25) is 0 Å². The van der Waals surface area contributed by atoms with Crippen molar-refractivity contribution in [1.82, 2.24) is 0 Å². The molecule has 2 aromatic rings. The van der Waals surface area contributed by atoms with Gasteiger partial charge in [0, 0.05) is 6.07 Å². The van der Waals surface area contributed by atoms with Crippen LogP contribution in [-0.2, 0) is 6.61 Å². The second kappa shape index (κ2) is 4.31. The molecular formula is C13H14O3. The molecule has 0 saturated heterocycles. The summed E-state index contributed by atoms with van der Waals surface area (Å²) in [4.78, 5) is 0. The van der Waals surface area contributed by atoms with Gasteiger partial charge < -0.3 is 14.3 Å². The van der Waals surface area contributed by atoms with Gasteiger partial charge in [-0.2, -0.15) is 0 Å². The molecule has 0 spiro atoms. The van der Waals surface area contributed by atoms with Crippen LogP contribution in [0.4, 0.5) is 0 Å². The van der Waals surface area contributed by atoms with Crippen molar-refractivity contribution in [1.29, 1.82) is 0 Å². The summed E-state index contributed by atoms with van der Waals surface area (Å²) in [6.45, 7) is 4.17. The van der Waals surface area contributed by atoms with Gasteiger partial charge in [-0.1, -0.05) is 0 Å². The molecule has 3 nitrogen and oxygen atoms in total. The van der Waals surface area contributed by atoms with Crippen LogP contribution in [0.25, 0.3) is 0 Å². The largest absolute Gasteiger partial charge is 0.508 e. The molecule has 0 bridgehead atoms. The number of benzene rings is 1. The fourth-order valence-corrected chi connectivity index (χ4v) is 1.53. The van der Waals surface area contributed by atoms with Crippen LogP contribution < -0.4 is 4.74 Å². The van der Waals surface area contributed by atoms with Gasteiger partial charge >= 0.3 is 0 Å². The van der Waals surface area contributed by atoms with Crippen LogP contribution in [0.2, 0.25) is 0 Å². The molecule has 1 N–H and O–H groups in total. The standard InChI is InChI=1S/C13H14O3/c1-9-5-11(14)7-13(6-9)15-8-12-4-3-10(2)16-12/h3-7,14H,8H2,1-2H3. The molecule has 0 amide bonds. The number of phenols is 1. The molecule has 16 heavy (non-hydrogen) atoms. The Balaban J connectivity index is 2.04. The topological polar surface area (TPSA) is 42.6 Å². The average molecular weight is 218 g/mol. The Kier molecular flexibility index (Phi) is 2.86. The van der Waals surface area contributed by atoms with Crippen molar-refractivity contribution in [2.75, 3.05) is 0 Å². The highest BCUT2D eigenvalue weighted by molar-refractivity contribution is 5.36. The van der Waals surface area contributed by atoms with Crippen LogP contribution in [0.3, 0.4) is 0 Å². The zero-order valence-corrected chi connectivity index (χ0v) is 9.36. The van der Waals surface area contributed by atoms with Crippen LogP contribution in [0.1, 0.15) is 17.1 Å². The molecule has 1 heterocycles. The van der Waals surface area contributed by atoms with E-state index in [9.17, 15) is 5.11 Å². The molecular weight excluding hydrogens is 204 g/mol. The van der Waals surface area contributed by atoms with Gasteiger partial charge in [-0.15, -0.1) is 0 Å². The SMILES string of the molecule is Cc1cc(O)cc(OCc2ccc(C)o2)c1. The van der Waals surface area contributed by atoms with E-state index in [2.05, 4.69) is 0 Å². The van der Waals surface area contributed by atoms with E-state index in [0.29, 0.717) is 12.4 Å². The number of phenolic OH excluding ortho intramolecular Hbond substituents is 1. The van der Waals surface area contributed by atoms with E-state index in [4.69, 9.17) is 9.15 Å². The van der Waals surface area contributed by atoms with E-state index in [1.54, 1.807) is 12.1 Å². The first-order chi connectivity index (χ1) is 7.63. The third kappa shape index (κ3) is 2.57. The summed E-state index contributed by atoms with van der Waals surface area (Å²) < 4.78 is 10.9. The van der Waals surface area contributed by atoms with Crippen LogP contribution >= 0.6 is 0 Å². The lowest BCUT2D eigenvalue weighted by molar-refractivity contribution is 0.266. The quantitative estimate of drug-likeness (QED) is 0.860. The highest BCUT2D eigenvalue weighted by Gasteiger charge is 2.02. The number of aromatic hydroxyl groups is 1. The lowest BCUT2D eigenvalue weighted by atomic mass is 10.2. The van der Waals surface area contributed by atoms with Crippen molar-refractivity contribution in [2.45, 2.75) is 20.5 Å². The van der Waals surface area contributed by atoms with Crippen molar-refractivity contribution in [2.24, 2.45) is 0 Å². The van der Waals surface area contributed by atoms with Crippen molar-refractivity contribution in [3.8, 4) is 11.5 Å². The number of hydrogen-bond donors (Lipinski definition) is 1. The Hall–Kier alpha value is -1.90. The Morgan fingerprint density at radius 3 is 2.62 bits per heavy atom. The fourth-order valence-electron chi connectivity index (χ4n) is 1.53. The summed E-state index contributed by atoms with van der Waals surface area (Å²) in [5.74, 6) is 2.50. The first kappa shape index (κ1) is 10.6. The molecule has 0 aliphatic heterocycles. The first-order valence-corrected chi connectivity index (χ1v) is 5.12. The Morgan fingerprint density at radius 2 is 2.00 bits per heavy atom. The van der Waals surface area contributed by atoms with Crippen LogP contribution in [0.15, 0.2) is 34.7 Å². The van der Waals surface area contributed by atoms with Gasteiger partial charge in [-0.05, 0) is 43.7 Å². The highest BCUT2D eigenvalue weighted by Crippen LogP contribution is 2.22. The van der Waals surface area contributed by atoms with Crippen molar-refractivity contribution in [3.05, 3.63) is 47.4 Å². The van der Waals surface area contributed by atoms with Gasteiger partial charge in [0.25, 0.3) is 0 Å². The monoisotopic (exact) mass is 218 g/mol. The molecule has 3 heteroatoms. The average Bonchev–Trinajstić information content (AvgIpc) is 2.60. The zero-order chi connectivity index (χ0) is 11.5. The Labute approximate surface area is 94.3 Å². The maximum Gasteiger partial charge on any atom is 0.146 e. The fraction of sp³-hybridized carbons (Fsp3) is 0.231. The highest BCUT2D eigenvalue weighted by atomic mass is 16.5. The smallest absolute Gasteiger partial charge is 0.146 e. The number of hydrogen-bond acceptors (Lipinski definition) is 3. The molecule has 0 radical (unpaired) electrons. The van der Waals surface area contributed by atoms with E-state index < -0.39 is 0 Å². The summed E-state index contributed by atoms with van der Waals surface area (Å²) in [6.07, 6.45) is 0. The van der Waals surface area contributed by atoms with Crippen LogP contribution in [0, 0.1) is 13.8 Å². The molecule has 0 atom stereocenters. The molecule has 1 aromatic carbocycles. The van der Waals surface area contributed by atoms with E-state index >= 15 is 0 Å². The minimum atomic E-state index is 0.214. The van der Waals surface area contributed by atoms with E-state index in [1.807, 2.05) is 32.0 Å². The second-order valence-electron chi connectivity index (χ2n) is 3.81. The summed E-state index contributed by atoms with van der Waals surface area (Å²) in [7, 11) is 0. The number of aryl methyl sites for hydroxylation is 2. The van der Waals surface area contributed by atoms with Gasteiger partial charge in [-0.25, -0.2) is 0 Å². The van der Waals surface area contributed by atoms with Crippen molar-refractivity contribution in [3.63, 3.8) is 0 Å². The van der Waals surface area contributed by atoms with Gasteiger partial charge in [0.05, 0.1) is 0 Å².